The van der Waals surface area contributed by atoms with Crippen molar-refractivity contribution in [3.8, 4) is 5.75 Å². The van der Waals surface area contributed by atoms with E-state index in [1.165, 1.54) is 37.2 Å². The summed E-state index contributed by atoms with van der Waals surface area (Å²) < 4.78 is 5.91. The second-order valence-corrected chi connectivity index (χ2v) is 7.28. The normalized spacial score (nSPS) is 19.7. The fourth-order valence-corrected chi connectivity index (χ4v) is 4.14. The van der Waals surface area contributed by atoms with Gasteiger partial charge in [0.2, 0.25) is 0 Å². The second-order valence-electron chi connectivity index (χ2n) is 7.28. The molecule has 2 heterocycles. The Bertz CT molecular complexity index is 710. The molecule has 1 saturated heterocycles. The van der Waals surface area contributed by atoms with Crippen LogP contribution in [0.25, 0.3) is 0 Å². The van der Waals surface area contributed by atoms with Gasteiger partial charge in [0.15, 0.2) is 0 Å². The van der Waals surface area contributed by atoms with Gasteiger partial charge in [-0.1, -0.05) is 18.2 Å². The average Bonchev–Trinajstić information content (AvgIpc) is 3.33. The largest absolute Gasteiger partial charge is 0.494 e. The molecule has 2 aliphatic rings. The number of anilines is 2. The Kier molecular flexibility index (Phi) is 5.42. The van der Waals surface area contributed by atoms with Crippen LogP contribution in [0, 0.1) is 0 Å². The number of aliphatic hydroxyl groups is 1. The lowest BCUT2D eigenvalue weighted by atomic mass is 10.1. The Morgan fingerprint density at radius 1 is 1.00 bits per heavy atom. The Balaban J connectivity index is 1.36. The molecule has 138 valence electrons. The van der Waals surface area contributed by atoms with Crippen LogP contribution in [0.3, 0.4) is 0 Å². The SMILES string of the molecule is OCC1Cc2ccccc2N1c1ccc(OCCCN2CCCC2)cc1. The van der Waals surface area contributed by atoms with Gasteiger partial charge >= 0.3 is 0 Å². The summed E-state index contributed by atoms with van der Waals surface area (Å²) in [6, 6.07) is 16.8. The number of aliphatic hydroxyl groups excluding tert-OH is 1. The van der Waals surface area contributed by atoms with Gasteiger partial charge in [0, 0.05) is 17.9 Å². The van der Waals surface area contributed by atoms with Crippen molar-refractivity contribution in [2.24, 2.45) is 0 Å². The van der Waals surface area contributed by atoms with E-state index in [0.717, 1.165) is 37.4 Å². The van der Waals surface area contributed by atoms with Crippen LogP contribution in [0.4, 0.5) is 11.4 Å². The lowest BCUT2D eigenvalue weighted by Crippen LogP contribution is -2.30. The molecule has 0 aromatic heterocycles. The summed E-state index contributed by atoms with van der Waals surface area (Å²) in [5.74, 6) is 0.920. The first-order valence-electron chi connectivity index (χ1n) is 9.78. The molecule has 1 unspecified atom stereocenters. The Hall–Kier alpha value is -2.04. The minimum absolute atomic E-state index is 0.111. The number of hydrogen-bond acceptors (Lipinski definition) is 4. The molecule has 4 nitrogen and oxygen atoms in total. The highest BCUT2D eigenvalue weighted by molar-refractivity contribution is 5.71. The predicted octanol–water partition coefficient (Wildman–Crippen LogP) is 3.61. The molecule has 4 rings (SSSR count). The molecule has 2 aromatic rings. The lowest BCUT2D eigenvalue weighted by Gasteiger charge is -2.26. The molecule has 2 aromatic carbocycles. The molecule has 2 aliphatic heterocycles. The average molecular weight is 352 g/mol. The molecular weight excluding hydrogens is 324 g/mol. The zero-order valence-corrected chi connectivity index (χ0v) is 15.3. The molecular formula is C22H28N2O2. The summed E-state index contributed by atoms with van der Waals surface area (Å²) in [5, 5.41) is 9.79. The fourth-order valence-electron chi connectivity index (χ4n) is 4.14. The van der Waals surface area contributed by atoms with Crippen LogP contribution in [0.15, 0.2) is 48.5 Å². The minimum Gasteiger partial charge on any atom is -0.494 e. The molecule has 0 saturated carbocycles. The van der Waals surface area contributed by atoms with E-state index >= 15 is 0 Å². The van der Waals surface area contributed by atoms with E-state index in [-0.39, 0.29) is 12.6 Å². The Labute approximate surface area is 156 Å². The van der Waals surface area contributed by atoms with Crippen LogP contribution >= 0.6 is 0 Å². The van der Waals surface area contributed by atoms with Gasteiger partial charge in [-0.05, 0) is 74.7 Å². The van der Waals surface area contributed by atoms with Crippen molar-refractivity contribution in [2.75, 3.05) is 37.7 Å². The molecule has 0 spiro atoms. The third-order valence-electron chi connectivity index (χ3n) is 5.48. The number of hydrogen-bond donors (Lipinski definition) is 1. The number of ether oxygens (including phenoxy) is 1. The van der Waals surface area contributed by atoms with Crippen molar-refractivity contribution in [1.29, 1.82) is 0 Å². The van der Waals surface area contributed by atoms with Gasteiger partial charge in [-0.25, -0.2) is 0 Å². The zero-order chi connectivity index (χ0) is 17.8. The number of rotatable bonds is 7. The topological polar surface area (TPSA) is 35.9 Å². The van der Waals surface area contributed by atoms with Crippen molar-refractivity contribution in [3.63, 3.8) is 0 Å². The quantitative estimate of drug-likeness (QED) is 0.773. The third kappa shape index (κ3) is 3.71. The molecule has 4 heteroatoms. The Morgan fingerprint density at radius 3 is 2.54 bits per heavy atom. The minimum atomic E-state index is 0.111. The fraction of sp³-hybridized carbons (Fsp3) is 0.455. The van der Waals surface area contributed by atoms with E-state index in [1.807, 2.05) is 12.1 Å². The maximum Gasteiger partial charge on any atom is 0.119 e. The monoisotopic (exact) mass is 352 g/mol. The van der Waals surface area contributed by atoms with Gasteiger partial charge < -0.3 is 19.6 Å². The highest BCUT2D eigenvalue weighted by Gasteiger charge is 2.29. The maximum atomic E-state index is 9.79. The van der Waals surface area contributed by atoms with Crippen LogP contribution in [-0.2, 0) is 6.42 Å². The van der Waals surface area contributed by atoms with Gasteiger partial charge in [0.05, 0.1) is 19.3 Å². The predicted molar refractivity (Wildman–Crippen MR) is 105 cm³/mol. The number of benzene rings is 2. The number of likely N-dealkylation sites (tertiary alicyclic amines) is 1. The van der Waals surface area contributed by atoms with Gasteiger partial charge in [0.25, 0.3) is 0 Å². The van der Waals surface area contributed by atoms with Crippen LogP contribution in [0.5, 0.6) is 5.75 Å². The second kappa shape index (κ2) is 8.11. The van der Waals surface area contributed by atoms with Crippen molar-refractivity contribution < 1.29 is 9.84 Å². The van der Waals surface area contributed by atoms with E-state index in [4.69, 9.17) is 4.74 Å². The number of para-hydroxylation sites is 1. The van der Waals surface area contributed by atoms with Crippen LogP contribution in [-0.4, -0.2) is 48.9 Å². The summed E-state index contributed by atoms with van der Waals surface area (Å²) in [6.45, 7) is 4.56. The first-order valence-corrected chi connectivity index (χ1v) is 9.78. The van der Waals surface area contributed by atoms with E-state index in [1.54, 1.807) is 0 Å². The van der Waals surface area contributed by atoms with Gasteiger partial charge in [0.1, 0.15) is 5.75 Å². The molecule has 1 atom stereocenters. The smallest absolute Gasteiger partial charge is 0.119 e. The number of nitrogens with zero attached hydrogens (tertiary/aromatic N) is 2. The molecule has 1 fully saturated rings. The van der Waals surface area contributed by atoms with Gasteiger partial charge in [-0.2, -0.15) is 0 Å². The van der Waals surface area contributed by atoms with Crippen molar-refractivity contribution >= 4 is 11.4 Å². The van der Waals surface area contributed by atoms with Gasteiger partial charge in [-0.15, -0.1) is 0 Å². The van der Waals surface area contributed by atoms with Crippen LogP contribution in [0.1, 0.15) is 24.8 Å². The molecule has 0 amide bonds. The van der Waals surface area contributed by atoms with Crippen molar-refractivity contribution in [1.82, 2.24) is 4.90 Å². The summed E-state index contributed by atoms with van der Waals surface area (Å²) in [4.78, 5) is 4.76. The molecule has 1 N–H and O–H groups in total. The highest BCUT2D eigenvalue weighted by Crippen LogP contribution is 2.38. The van der Waals surface area contributed by atoms with Crippen LogP contribution in [0.2, 0.25) is 0 Å². The summed E-state index contributed by atoms with van der Waals surface area (Å²) >= 11 is 0. The summed E-state index contributed by atoms with van der Waals surface area (Å²) in [5.41, 5.74) is 3.61. The standard InChI is InChI=1S/C22H28N2O2/c25-17-20-16-18-6-1-2-7-22(18)24(20)19-8-10-21(11-9-19)26-15-5-14-23-12-3-4-13-23/h1-2,6-11,20,25H,3-5,12-17H2. The molecule has 0 bridgehead atoms. The van der Waals surface area contributed by atoms with E-state index in [2.05, 4.69) is 46.2 Å². The summed E-state index contributed by atoms with van der Waals surface area (Å²) in [7, 11) is 0. The van der Waals surface area contributed by atoms with Gasteiger partial charge in [-0.3, -0.25) is 0 Å². The number of fused-ring (bicyclic) bond motifs is 1. The third-order valence-corrected chi connectivity index (χ3v) is 5.48. The lowest BCUT2D eigenvalue weighted by molar-refractivity contribution is 0.263. The molecule has 26 heavy (non-hydrogen) atoms. The van der Waals surface area contributed by atoms with Crippen molar-refractivity contribution in [3.05, 3.63) is 54.1 Å². The first kappa shape index (κ1) is 17.4. The van der Waals surface area contributed by atoms with E-state index in [9.17, 15) is 5.11 Å². The van der Waals surface area contributed by atoms with Crippen LogP contribution < -0.4 is 9.64 Å². The molecule has 0 aliphatic carbocycles. The zero-order valence-electron chi connectivity index (χ0n) is 15.3. The highest BCUT2D eigenvalue weighted by atomic mass is 16.5. The van der Waals surface area contributed by atoms with Crippen molar-refractivity contribution in [2.45, 2.75) is 31.7 Å². The van der Waals surface area contributed by atoms with E-state index in [0.29, 0.717) is 0 Å². The first-order chi connectivity index (χ1) is 12.8. The summed E-state index contributed by atoms with van der Waals surface area (Å²) in [6.07, 6.45) is 4.66. The molecule has 0 radical (unpaired) electrons. The Morgan fingerprint density at radius 2 is 1.77 bits per heavy atom. The maximum absolute atomic E-state index is 9.79. The van der Waals surface area contributed by atoms with E-state index < -0.39 is 0 Å².